The molecular formula is C13H22CuN2O2+2. The van der Waals surface area contributed by atoms with Crippen LogP contribution in [0.2, 0.25) is 0 Å². The summed E-state index contributed by atoms with van der Waals surface area (Å²) in [4.78, 5) is 21.7. The van der Waals surface area contributed by atoms with Gasteiger partial charge in [0.05, 0.1) is 0 Å². The first-order chi connectivity index (χ1) is 7.81. The van der Waals surface area contributed by atoms with Crippen molar-refractivity contribution in [3.8, 4) is 0 Å². The number of carbonyl (C=O) groups is 2. The van der Waals surface area contributed by atoms with Gasteiger partial charge in [-0.2, -0.15) is 0 Å². The second-order valence-corrected chi connectivity index (χ2v) is 4.30. The summed E-state index contributed by atoms with van der Waals surface area (Å²) in [5, 5.41) is 6.32. The molecule has 0 aliphatic heterocycles. The molecule has 1 unspecified atom stereocenters. The average Bonchev–Trinajstić information content (AvgIpc) is 2.12. The van der Waals surface area contributed by atoms with Gasteiger partial charge in [0.25, 0.3) is 0 Å². The van der Waals surface area contributed by atoms with Crippen LogP contribution in [-0.4, -0.2) is 24.2 Å². The van der Waals surface area contributed by atoms with E-state index in [9.17, 15) is 9.59 Å². The van der Waals surface area contributed by atoms with E-state index in [-0.39, 0.29) is 34.7 Å². The first kappa shape index (κ1) is 19.3. The van der Waals surface area contributed by atoms with E-state index in [2.05, 4.69) is 10.6 Å². The Labute approximate surface area is 120 Å². The topological polar surface area (TPSA) is 58.2 Å². The number of ketones is 2. The predicted octanol–water partition coefficient (Wildman–Crippen LogP) is 1.54. The third-order valence-corrected chi connectivity index (χ3v) is 2.00. The molecule has 0 saturated carbocycles. The Morgan fingerprint density at radius 3 is 1.89 bits per heavy atom. The molecule has 0 heterocycles. The van der Waals surface area contributed by atoms with Crippen LogP contribution in [0.25, 0.3) is 0 Å². The van der Waals surface area contributed by atoms with Crippen LogP contribution in [-0.2, 0) is 26.7 Å². The van der Waals surface area contributed by atoms with E-state index in [0.717, 1.165) is 11.4 Å². The number of allylic oxidation sites excluding steroid dienone is 4. The molecule has 0 rings (SSSR count). The van der Waals surface area contributed by atoms with Gasteiger partial charge in [0, 0.05) is 24.0 Å². The van der Waals surface area contributed by atoms with E-state index in [0.29, 0.717) is 6.54 Å². The zero-order chi connectivity index (χ0) is 13.4. The number of rotatable bonds is 7. The first-order valence-electron chi connectivity index (χ1n) is 5.69. The number of nitrogens with one attached hydrogen (secondary N) is 2. The van der Waals surface area contributed by atoms with Crippen LogP contribution in [0, 0.1) is 0 Å². The molecule has 1 atom stereocenters. The molecule has 0 aromatic carbocycles. The van der Waals surface area contributed by atoms with Gasteiger partial charge in [0.2, 0.25) is 0 Å². The normalized spacial score (nSPS) is 13.4. The molecule has 0 aromatic heterocycles. The van der Waals surface area contributed by atoms with Gasteiger partial charge in [-0.1, -0.05) is 0 Å². The van der Waals surface area contributed by atoms with Crippen LogP contribution in [0.3, 0.4) is 0 Å². The minimum atomic E-state index is 0. The van der Waals surface area contributed by atoms with Crippen LogP contribution < -0.4 is 10.6 Å². The van der Waals surface area contributed by atoms with Gasteiger partial charge in [-0.15, -0.1) is 0 Å². The van der Waals surface area contributed by atoms with Crippen LogP contribution >= 0.6 is 0 Å². The molecule has 0 saturated heterocycles. The van der Waals surface area contributed by atoms with Crippen molar-refractivity contribution in [1.29, 1.82) is 0 Å². The third kappa shape index (κ3) is 11.4. The molecule has 0 bridgehead atoms. The second kappa shape index (κ2) is 9.92. The quantitative estimate of drug-likeness (QED) is 0.553. The molecule has 0 aromatic rings. The van der Waals surface area contributed by atoms with Gasteiger partial charge in [-0.05, 0) is 46.8 Å². The molecular weight excluding hydrogens is 280 g/mol. The molecule has 1 radical (unpaired) electrons. The van der Waals surface area contributed by atoms with Crippen LogP contribution in [0.5, 0.6) is 0 Å². The molecule has 18 heavy (non-hydrogen) atoms. The molecule has 0 fully saturated rings. The fraction of sp³-hybridized carbons (Fsp3) is 0.538. The van der Waals surface area contributed by atoms with Crippen molar-refractivity contribution in [2.75, 3.05) is 6.54 Å². The Bertz CT molecular complexity index is 349. The fourth-order valence-electron chi connectivity index (χ4n) is 1.46. The van der Waals surface area contributed by atoms with Crippen molar-refractivity contribution < 1.29 is 26.7 Å². The third-order valence-electron chi connectivity index (χ3n) is 2.00. The van der Waals surface area contributed by atoms with Crippen molar-refractivity contribution in [3.63, 3.8) is 0 Å². The SMILES string of the molecule is CC(=O)/C=C(/C)NCC(C)N/C(C)=C\C(C)=O.[Cu+2]. The van der Waals surface area contributed by atoms with Crippen molar-refractivity contribution in [3.05, 3.63) is 23.5 Å². The molecule has 0 aliphatic rings. The van der Waals surface area contributed by atoms with Crippen molar-refractivity contribution in [2.24, 2.45) is 0 Å². The van der Waals surface area contributed by atoms with E-state index in [1.165, 1.54) is 13.8 Å². The first-order valence-corrected chi connectivity index (χ1v) is 5.69. The van der Waals surface area contributed by atoms with Gasteiger partial charge in [0.1, 0.15) is 0 Å². The van der Waals surface area contributed by atoms with Crippen LogP contribution in [0.1, 0.15) is 34.6 Å². The van der Waals surface area contributed by atoms with E-state index in [1.54, 1.807) is 12.2 Å². The summed E-state index contributed by atoms with van der Waals surface area (Å²) in [6, 6.07) is 0.181. The smallest absolute Gasteiger partial charge is 0.386 e. The zero-order valence-corrected chi connectivity index (χ0v) is 12.5. The summed E-state index contributed by atoms with van der Waals surface area (Å²) >= 11 is 0. The monoisotopic (exact) mass is 301 g/mol. The summed E-state index contributed by atoms with van der Waals surface area (Å²) in [5.74, 6) is 0.0612. The number of carbonyl (C=O) groups excluding carboxylic acids is 2. The summed E-state index contributed by atoms with van der Waals surface area (Å²) < 4.78 is 0. The van der Waals surface area contributed by atoms with E-state index in [4.69, 9.17) is 0 Å². The second-order valence-electron chi connectivity index (χ2n) is 4.30. The zero-order valence-electron chi connectivity index (χ0n) is 11.6. The largest absolute Gasteiger partial charge is 2.00 e. The Morgan fingerprint density at radius 2 is 1.44 bits per heavy atom. The maximum Gasteiger partial charge on any atom is 2.00 e. The summed E-state index contributed by atoms with van der Waals surface area (Å²) in [5.41, 5.74) is 1.69. The van der Waals surface area contributed by atoms with Gasteiger partial charge >= 0.3 is 17.1 Å². The standard InChI is InChI=1S/C13H22N2O2.Cu/c1-9(6-12(4)16)14-8-11(3)15-10(2)7-13(5)17;/h6-7,11,14-15H,8H2,1-5H3;/q;+2/b9-6-,10-7-;. The number of hydrogen-bond acceptors (Lipinski definition) is 4. The maximum absolute atomic E-state index is 10.8. The number of hydrogen-bond donors (Lipinski definition) is 2. The van der Waals surface area contributed by atoms with Crippen LogP contribution in [0.15, 0.2) is 23.5 Å². The Morgan fingerprint density at radius 1 is 1.00 bits per heavy atom. The molecule has 0 amide bonds. The van der Waals surface area contributed by atoms with Crippen molar-refractivity contribution >= 4 is 11.6 Å². The molecule has 0 spiro atoms. The van der Waals surface area contributed by atoms with E-state index < -0.39 is 0 Å². The van der Waals surface area contributed by atoms with Crippen molar-refractivity contribution in [2.45, 2.75) is 40.7 Å². The van der Waals surface area contributed by atoms with Crippen molar-refractivity contribution in [1.82, 2.24) is 10.6 Å². The minimum absolute atomic E-state index is 0. The van der Waals surface area contributed by atoms with Gasteiger partial charge in [-0.25, -0.2) is 0 Å². The minimum Gasteiger partial charge on any atom is -0.386 e. The fourth-order valence-corrected chi connectivity index (χ4v) is 1.46. The predicted molar refractivity (Wildman–Crippen MR) is 69.5 cm³/mol. The summed E-state index contributed by atoms with van der Waals surface area (Å²) in [6.07, 6.45) is 3.12. The molecule has 4 nitrogen and oxygen atoms in total. The maximum atomic E-state index is 10.8. The van der Waals surface area contributed by atoms with E-state index in [1.807, 2.05) is 20.8 Å². The summed E-state index contributed by atoms with van der Waals surface area (Å²) in [7, 11) is 0. The van der Waals surface area contributed by atoms with Gasteiger partial charge < -0.3 is 10.6 Å². The summed E-state index contributed by atoms with van der Waals surface area (Å²) in [6.45, 7) is 9.45. The van der Waals surface area contributed by atoms with Gasteiger partial charge in [0.15, 0.2) is 11.6 Å². The Hall–Kier alpha value is -1.06. The van der Waals surface area contributed by atoms with Gasteiger partial charge in [-0.3, -0.25) is 9.59 Å². The van der Waals surface area contributed by atoms with Crippen LogP contribution in [0.4, 0.5) is 0 Å². The molecule has 105 valence electrons. The Kier molecular flexibility index (Phi) is 10.6. The molecule has 2 N–H and O–H groups in total. The Balaban J connectivity index is 0. The average molecular weight is 302 g/mol. The molecule has 5 heteroatoms. The van der Waals surface area contributed by atoms with E-state index >= 15 is 0 Å². The molecule has 0 aliphatic carbocycles.